The van der Waals surface area contributed by atoms with Crippen LogP contribution in [0.5, 0.6) is 5.75 Å². The Kier molecular flexibility index (Phi) is 5.27. The Morgan fingerprint density at radius 3 is 2.90 bits per heavy atom. The molecule has 8 heteroatoms. The highest BCUT2D eigenvalue weighted by Crippen LogP contribution is 2.34. The van der Waals surface area contributed by atoms with Crippen LogP contribution in [0.4, 0.5) is 5.69 Å². The van der Waals surface area contributed by atoms with E-state index in [0.717, 1.165) is 18.7 Å². The zero-order valence-electron chi connectivity index (χ0n) is 16.8. The van der Waals surface area contributed by atoms with Crippen molar-refractivity contribution in [1.82, 2.24) is 20.4 Å². The average molecular weight is 397 g/mol. The van der Waals surface area contributed by atoms with Gasteiger partial charge in [-0.05, 0) is 63.0 Å². The number of carbonyl (C=O) groups excluding carboxylic acids is 2. The van der Waals surface area contributed by atoms with E-state index < -0.39 is 11.6 Å². The number of rotatable bonds is 5. The summed E-state index contributed by atoms with van der Waals surface area (Å²) in [7, 11) is 0. The molecule has 0 aliphatic carbocycles. The van der Waals surface area contributed by atoms with Gasteiger partial charge in [0.05, 0.1) is 11.7 Å². The van der Waals surface area contributed by atoms with Crippen molar-refractivity contribution < 1.29 is 14.3 Å². The molecule has 2 aliphatic heterocycles. The number of hydrogen-bond donors (Lipinski definition) is 3. The maximum Gasteiger partial charge on any atom is 0.265 e. The summed E-state index contributed by atoms with van der Waals surface area (Å²) in [6, 6.07) is 7.26. The van der Waals surface area contributed by atoms with Crippen LogP contribution in [0.15, 0.2) is 36.7 Å². The van der Waals surface area contributed by atoms with Crippen LogP contribution in [0.3, 0.4) is 0 Å². The summed E-state index contributed by atoms with van der Waals surface area (Å²) < 4.78 is 7.62. The lowest BCUT2D eigenvalue weighted by Crippen LogP contribution is -2.55. The van der Waals surface area contributed by atoms with Gasteiger partial charge in [0.1, 0.15) is 11.3 Å². The molecule has 1 aromatic carbocycles. The average Bonchev–Trinajstić information content (AvgIpc) is 3.28. The normalized spacial score (nSPS) is 21.4. The van der Waals surface area contributed by atoms with Gasteiger partial charge >= 0.3 is 0 Å². The zero-order valence-corrected chi connectivity index (χ0v) is 16.8. The van der Waals surface area contributed by atoms with Crippen LogP contribution in [-0.2, 0) is 15.1 Å². The molecular weight excluding hydrogens is 370 g/mol. The van der Waals surface area contributed by atoms with Crippen molar-refractivity contribution in [3.63, 3.8) is 0 Å². The second-order valence-corrected chi connectivity index (χ2v) is 7.69. The van der Waals surface area contributed by atoms with E-state index in [1.807, 2.05) is 44.3 Å². The first-order chi connectivity index (χ1) is 14.0. The molecule has 154 valence electrons. The summed E-state index contributed by atoms with van der Waals surface area (Å²) in [5, 5.41) is 13.7. The number of anilines is 1. The second-order valence-electron chi connectivity index (χ2n) is 7.69. The molecule has 1 saturated heterocycles. The fourth-order valence-electron chi connectivity index (χ4n) is 4.03. The van der Waals surface area contributed by atoms with E-state index in [1.54, 1.807) is 10.9 Å². The van der Waals surface area contributed by atoms with Crippen molar-refractivity contribution in [3.05, 3.63) is 42.2 Å². The van der Waals surface area contributed by atoms with Gasteiger partial charge in [-0.2, -0.15) is 5.10 Å². The Hall–Kier alpha value is -2.87. The largest absolute Gasteiger partial charge is 0.478 e. The smallest absolute Gasteiger partial charge is 0.265 e. The summed E-state index contributed by atoms with van der Waals surface area (Å²) in [5.74, 6) is 0.480. The standard InChI is InChI=1S/C21H27N5O3/c1-3-17-19(27)25-16-6-5-15(13-18(16)29-17)14(2)24-20(28)21(7-10-22-11-8-21)26-12-4-9-23-26/h4-6,9,12-14,17,22H,3,7-8,10-11H2,1-2H3,(H,24,28)(H,25,27). The SMILES string of the molecule is CCC1Oc2cc(C(C)NC(=O)C3(n4cccn4)CCNCC3)ccc2NC1=O. The Morgan fingerprint density at radius 1 is 1.41 bits per heavy atom. The quantitative estimate of drug-likeness (QED) is 0.717. The molecule has 4 rings (SSSR count). The summed E-state index contributed by atoms with van der Waals surface area (Å²) in [6.45, 7) is 5.41. The lowest BCUT2D eigenvalue weighted by Gasteiger charge is -2.37. The van der Waals surface area contributed by atoms with E-state index in [1.165, 1.54) is 0 Å². The zero-order chi connectivity index (χ0) is 20.4. The highest BCUT2D eigenvalue weighted by atomic mass is 16.5. The molecule has 8 nitrogen and oxygen atoms in total. The number of benzene rings is 1. The van der Waals surface area contributed by atoms with Crippen molar-refractivity contribution in [2.75, 3.05) is 18.4 Å². The van der Waals surface area contributed by atoms with Crippen LogP contribution in [0.2, 0.25) is 0 Å². The summed E-state index contributed by atoms with van der Waals surface area (Å²) in [4.78, 5) is 25.3. The molecule has 0 saturated carbocycles. The van der Waals surface area contributed by atoms with E-state index in [4.69, 9.17) is 4.74 Å². The predicted molar refractivity (Wildman–Crippen MR) is 109 cm³/mol. The molecule has 29 heavy (non-hydrogen) atoms. The van der Waals surface area contributed by atoms with Crippen LogP contribution in [-0.4, -0.2) is 40.8 Å². The van der Waals surface area contributed by atoms with Crippen LogP contribution in [0, 0.1) is 0 Å². The first-order valence-corrected chi connectivity index (χ1v) is 10.2. The molecule has 0 spiro atoms. The lowest BCUT2D eigenvalue weighted by atomic mass is 9.87. The molecular formula is C21H27N5O3. The summed E-state index contributed by atoms with van der Waals surface area (Å²) >= 11 is 0. The third-order valence-corrected chi connectivity index (χ3v) is 5.84. The summed E-state index contributed by atoms with van der Waals surface area (Å²) in [5.41, 5.74) is 0.899. The van der Waals surface area contributed by atoms with Crippen molar-refractivity contribution >= 4 is 17.5 Å². The van der Waals surface area contributed by atoms with Gasteiger partial charge in [-0.3, -0.25) is 14.3 Å². The number of piperidine rings is 1. The maximum absolute atomic E-state index is 13.3. The monoisotopic (exact) mass is 397 g/mol. The number of fused-ring (bicyclic) bond motifs is 1. The van der Waals surface area contributed by atoms with Crippen LogP contribution >= 0.6 is 0 Å². The Bertz CT molecular complexity index is 890. The number of ether oxygens (including phenoxy) is 1. The molecule has 2 aromatic rings. The third kappa shape index (κ3) is 3.60. The fourth-order valence-corrected chi connectivity index (χ4v) is 4.03. The van der Waals surface area contributed by atoms with Crippen molar-refractivity contribution in [3.8, 4) is 5.75 Å². The first kappa shape index (κ1) is 19.4. The van der Waals surface area contributed by atoms with Crippen LogP contribution < -0.4 is 20.7 Å². The topological polar surface area (TPSA) is 97.3 Å². The van der Waals surface area contributed by atoms with E-state index in [9.17, 15) is 9.59 Å². The second kappa shape index (κ2) is 7.87. The van der Waals surface area contributed by atoms with E-state index >= 15 is 0 Å². The Labute approximate surface area is 170 Å². The number of amides is 2. The minimum Gasteiger partial charge on any atom is -0.478 e. The maximum atomic E-state index is 13.3. The Balaban J connectivity index is 1.54. The molecule has 1 fully saturated rings. The number of nitrogens with zero attached hydrogens (tertiary/aromatic N) is 2. The van der Waals surface area contributed by atoms with Gasteiger partial charge < -0.3 is 20.7 Å². The Morgan fingerprint density at radius 2 is 2.21 bits per heavy atom. The van der Waals surface area contributed by atoms with Crippen molar-refractivity contribution in [2.24, 2.45) is 0 Å². The van der Waals surface area contributed by atoms with Gasteiger partial charge in [-0.25, -0.2) is 0 Å². The van der Waals surface area contributed by atoms with E-state index in [-0.39, 0.29) is 17.9 Å². The first-order valence-electron chi connectivity index (χ1n) is 10.2. The molecule has 2 unspecified atom stereocenters. The molecule has 2 aliphatic rings. The molecule has 2 amide bonds. The van der Waals surface area contributed by atoms with Gasteiger partial charge in [-0.15, -0.1) is 0 Å². The predicted octanol–water partition coefficient (Wildman–Crippen LogP) is 1.95. The minimum absolute atomic E-state index is 0.0337. The molecule has 0 bridgehead atoms. The van der Waals surface area contributed by atoms with Gasteiger partial charge in [-0.1, -0.05) is 13.0 Å². The minimum atomic E-state index is -0.686. The van der Waals surface area contributed by atoms with Crippen molar-refractivity contribution in [2.45, 2.75) is 50.8 Å². The van der Waals surface area contributed by atoms with Crippen molar-refractivity contribution in [1.29, 1.82) is 0 Å². The van der Waals surface area contributed by atoms with Crippen LogP contribution in [0.25, 0.3) is 0 Å². The number of nitrogens with one attached hydrogen (secondary N) is 3. The lowest BCUT2D eigenvalue weighted by molar-refractivity contribution is -0.132. The third-order valence-electron chi connectivity index (χ3n) is 5.84. The molecule has 2 atom stereocenters. The molecule has 3 heterocycles. The molecule has 0 radical (unpaired) electrons. The van der Waals surface area contributed by atoms with Gasteiger partial charge in [0.25, 0.3) is 5.91 Å². The highest BCUT2D eigenvalue weighted by Gasteiger charge is 2.42. The number of carbonyl (C=O) groups is 2. The van der Waals surface area contributed by atoms with Crippen LogP contribution in [0.1, 0.15) is 44.7 Å². The molecule has 1 aromatic heterocycles. The van der Waals surface area contributed by atoms with E-state index in [0.29, 0.717) is 30.7 Å². The van der Waals surface area contributed by atoms with Gasteiger partial charge in [0.2, 0.25) is 5.91 Å². The summed E-state index contributed by atoms with van der Waals surface area (Å²) in [6.07, 6.45) is 5.05. The van der Waals surface area contributed by atoms with E-state index in [2.05, 4.69) is 21.0 Å². The highest BCUT2D eigenvalue weighted by molar-refractivity contribution is 5.97. The van der Waals surface area contributed by atoms with Gasteiger partial charge in [0.15, 0.2) is 6.10 Å². The molecule has 3 N–H and O–H groups in total. The number of aromatic nitrogens is 2. The van der Waals surface area contributed by atoms with Gasteiger partial charge in [0, 0.05) is 12.4 Å². The fraction of sp³-hybridized carbons (Fsp3) is 0.476. The number of hydrogen-bond acceptors (Lipinski definition) is 5.